The zero-order valence-electron chi connectivity index (χ0n) is 16.3. The van der Waals surface area contributed by atoms with Crippen molar-refractivity contribution in [2.75, 3.05) is 22.5 Å². The number of aromatic nitrogens is 4. The summed E-state index contributed by atoms with van der Waals surface area (Å²) in [6, 6.07) is 17.9. The van der Waals surface area contributed by atoms with Crippen LogP contribution in [0.5, 0.6) is 0 Å². The van der Waals surface area contributed by atoms with Gasteiger partial charge in [-0.25, -0.2) is 9.55 Å². The van der Waals surface area contributed by atoms with E-state index in [0.29, 0.717) is 18.4 Å². The summed E-state index contributed by atoms with van der Waals surface area (Å²) in [5.41, 5.74) is 3.86. The average molecular weight is 396 g/mol. The third-order valence-electron chi connectivity index (χ3n) is 5.12. The van der Waals surface area contributed by atoms with Crippen LogP contribution in [0.1, 0.15) is 17.5 Å². The molecule has 4 aromatic rings. The van der Waals surface area contributed by atoms with Crippen molar-refractivity contribution in [3.8, 4) is 12.1 Å². The minimum atomic E-state index is 0.392. The normalized spacial score (nSPS) is 12.6. The first-order valence-electron chi connectivity index (χ1n) is 9.89. The number of rotatable bonds is 5. The van der Waals surface area contributed by atoms with E-state index in [1.165, 1.54) is 5.56 Å². The van der Waals surface area contributed by atoms with Gasteiger partial charge in [0.05, 0.1) is 11.0 Å². The third-order valence-corrected chi connectivity index (χ3v) is 5.12. The molecule has 2 aromatic carbocycles. The SMILES string of the molecule is N#CNc1nc2ccccc2n1-c1nc2c(c(NCc3ccccc3)n1)CCCN2. The van der Waals surface area contributed by atoms with Gasteiger partial charge in [0.2, 0.25) is 11.9 Å². The Morgan fingerprint density at radius 2 is 1.87 bits per heavy atom. The highest BCUT2D eigenvalue weighted by atomic mass is 15.3. The Bertz CT molecular complexity index is 1240. The molecule has 3 heterocycles. The fourth-order valence-electron chi connectivity index (χ4n) is 3.72. The van der Waals surface area contributed by atoms with Crippen LogP contribution in [-0.4, -0.2) is 26.1 Å². The van der Waals surface area contributed by atoms with Crippen molar-refractivity contribution in [3.05, 3.63) is 65.7 Å². The van der Waals surface area contributed by atoms with E-state index >= 15 is 0 Å². The lowest BCUT2D eigenvalue weighted by atomic mass is 10.1. The summed E-state index contributed by atoms with van der Waals surface area (Å²) in [6.07, 6.45) is 3.90. The Morgan fingerprint density at radius 1 is 1.03 bits per heavy atom. The molecule has 0 aliphatic carbocycles. The number of benzene rings is 2. The molecule has 0 amide bonds. The number of hydrogen-bond donors (Lipinski definition) is 3. The predicted molar refractivity (Wildman–Crippen MR) is 116 cm³/mol. The van der Waals surface area contributed by atoms with Gasteiger partial charge in [-0.3, -0.25) is 5.32 Å². The molecule has 148 valence electrons. The lowest BCUT2D eigenvalue weighted by Gasteiger charge is -2.21. The molecule has 0 spiro atoms. The van der Waals surface area contributed by atoms with Crippen LogP contribution >= 0.6 is 0 Å². The van der Waals surface area contributed by atoms with Crippen molar-refractivity contribution in [2.45, 2.75) is 19.4 Å². The van der Waals surface area contributed by atoms with Crippen LogP contribution in [0.3, 0.4) is 0 Å². The zero-order chi connectivity index (χ0) is 20.3. The van der Waals surface area contributed by atoms with E-state index in [1.807, 2.05) is 48.7 Å². The number of imidazole rings is 1. The Labute approximate surface area is 173 Å². The Balaban J connectivity index is 1.62. The molecule has 0 bridgehead atoms. The maximum absolute atomic E-state index is 9.19. The molecule has 1 aliphatic rings. The van der Waals surface area contributed by atoms with Gasteiger partial charge in [-0.1, -0.05) is 42.5 Å². The molecule has 2 aromatic heterocycles. The predicted octanol–water partition coefficient (Wildman–Crippen LogP) is 3.68. The average Bonchev–Trinajstić information content (AvgIpc) is 3.16. The summed E-state index contributed by atoms with van der Waals surface area (Å²) in [6.45, 7) is 1.53. The second kappa shape index (κ2) is 7.72. The Kier molecular flexibility index (Phi) is 4.62. The zero-order valence-corrected chi connectivity index (χ0v) is 16.3. The van der Waals surface area contributed by atoms with Crippen LogP contribution in [-0.2, 0) is 13.0 Å². The second-order valence-electron chi connectivity index (χ2n) is 7.07. The largest absolute Gasteiger partial charge is 0.370 e. The van der Waals surface area contributed by atoms with Crippen molar-refractivity contribution in [1.29, 1.82) is 5.26 Å². The standard InChI is InChI=1S/C22H20N8/c23-14-26-21-27-17-10-4-5-11-18(17)30(21)22-28-19-16(9-6-12-24-19)20(29-22)25-13-15-7-2-1-3-8-15/h1-5,7-8,10-11H,6,9,12-13H2,(H,26,27)(H2,24,25,28,29). The van der Waals surface area contributed by atoms with Crippen molar-refractivity contribution in [2.24, 2.45) is 0 Å². The third kappa shape index (κ3) is 3.26. The van der Waals surface area contributed by atoms with Gasteiger partial charge in [-0.2, -0.15) is 15.2 Å². The van der Waals surface area contributed by atoms with Crippen molar-refractivity contribution >= 4 is 28.6 Å². The van der Waals surface area contributed by atoms with E-state index in [2.05, 4.69) is 33.1 Å². The summed E-state index contributed by atoms with van der Waals surface area (Å²) in [5.74, 6) is 2.47. The van der Waals surface area contributed by atoms with Crippen molar-refractivity contribution in [3.63, 3.8) is 0 Å². The number of para-hydroxylation sites is 2. The second-order valence-corrected chi connectivity index (χ2v) is 7.07. The summed E-state index contributed by atoms with van der Waals surface area (Å²) in [7, 11) is 0. The van der Waals surface area contributed by atoms with Crippen molar-refractivity contribution in [1.82, 2.24) is 19.5 Å². The van der Waals surface area contributed by atoms with Gasteiger partial charge >= 0.3 is 0 Å². The fourth-order valence-corrected chi connectivity index (χ4v) is 3.72. The maximum Gasteiger partial charge on any atom is 0.241 e. The topological polar surface area (TPSA) is 103 Å². The van der Waals surface area contributed by atoms with Gasteiger partial charge in [-0.15, -0.1) is 0 Å². The first-order valence-corrected chi connectivity index (χ1v) is 9.89. The summed E-state index contributed by atoms with van der Waals surface area (Å²) in [5, 5.41) is 18.7. The Hall–Kier alpha value is -4.12. The fraction of sp³-hybridized carbons (Fsp3) is 0.182. The van der Waals surface area contributed by atoms with Gasteiger partial charge in [0.1, 0.15) is 11.6 Å². The maximum atomic E-state index is 9.19. The molecule has 0 saturated heterocycles. The number of anilines is 3. The number of nitrogens with one attached hydrogen (secondary N) is 3. The molecule has 0 unspecified atom stereocenters. The molecule has 0 radical (unpaired) electrons. The van der Waals surface area contributed by atoms with E-state index in [-0.39, 0.29) is 0 Å². The highest BCUT2D eigenvalue weighted by Gasteiger charge is 2.21. The van der Waals surface area contributed by atoms with Gasteiger partial charge in [0.15, 0.2) is 6.19 Å². The van der Waals surface area contributed by atoms with Crippen LogP contribution in [0.4, 0.5) is 17.6 Å². The first kappa shape index (κ1) is 17.9. The van der Waals surface area contributed by atoms with E-state index < -0.39 is 0 Å². The van der Waals surface area contributed by atoms with Gasteiger partial charge in [0, 0.05) is 18.7 Å². The minimum absolute atomic E-state index is 0.392. The number of fused-ring (bicyclic) bond motifs is 2. The summed E-state index contributed by atoms with van der Waals surface area (Å²) < 4.78 is 1.78. The number of nitriles is 1. The van der Waals surface area contributed by atoms with E-state index in [9.17, 15) is 5.26 Å². The molecular weight excluding hydrogens is 376 g/mol. The molecule has 8 heteroatoms. The monoisotopic (exact) mass is 396 g/mol. The lowest BCUT2D eigenvalue weighted by molar-refractivity contribution is 0.799. The summed E-state index contributed by atoms with van der Waals surface area (Å²) in [4.78, 5) is 14.1. The molecular formula is C22H20N8. The molecule has 0 fully saturated rings. The first-order chi connectivity index (χ1) is 14.8. The molecule has 0 atom stereocenters. The summed E-state index contributed by atoms with van der Waals surface area (Å²) >= 11 is 0. The molecule has 1 aliphatic heterocycles. The van der Waals surface area contributed by atoms with Gasteiger partial charge < -0.3 is 10.6 Å². The highest BCUT2D eigenvalue weighted by Crippen LogP contribution is 2.30. The molecule has 5 rings (SSSR count). The van der Waals surface area contributed by atoms with Gasteiger partial charge in [0.25, 0.3) is 0 Å². The number of hydrogen-bond acceptors (Lipinski definition) is 7. The Morgan fingerprint density at radius 3 is 2.73 bits per heavy atom. The van der Waals surface area contributed by atoms with E-state index in [1.54, 1.807) is 4.57 Å². The highest BCUT2D eigenvalue weighted by molar-refractivity contribution is 5.81. The van der Waals surface area contributed by atoms with E-state index in [0.717, 1.165) is 47.6 Å². The lowest BCUT2D eigenvalue weighted by Crippen LogP contribution is -2.19. The molecule has 0 saturated carbocycles. The minimum Gasteiger partial charge on any atom is -0.370 e. The molecule has 30 heavy (non-hydrogen) atoms. The molecule has 3 N–H and O–H groups in total. The van der Waals surface area contributed by atoms with E-state index in [4.69, 9.17) is 9.97 Å². The van der Waals surface area contributed by atoms with Crippen LogP contribution in [0.2, 0.25) is 0 Å². The van der Waals surface area contributed by atoms with Crippen LogP contribution < -0.4 is 16.0 Å². The van der Waals surface area contributed by atoms with Crippen molar-refractivity contribution < 1.29 is 0 Å². The van der Waals surface area contributed by atoms with Crippen LogP contribution in [0.15, 0.2) is 54.6 Å². The smallest absolute Gasteiger partial charge is 0.241 e. The number of nitrogens with zero attached hydrogens (tertiary/aromatic N) is 5. The van der Waals surface area contributed by atoms with Crippen LogP contribution in [0.25, 0.3) is 17.0 Å². The molecule has 8 nitrogen and oxygen atoms in total. The quantitative estimate of drug-likeness (QED) is 0.349. The van der Waals surface area contributed by atoms with Gasteiger partial charge in [-0.05, 0) is 30.5 Å². The van der Waals surface area contributed by atoms with Crippen LogP contribution in [0, 0.1) is 11.5 Å².